The first-order chi connectivity index (χ1) is 14.8. The molecule has 1 unspecified atom stereocenters. The van der Waals surface area contributed by atoms with Crippen LogP contribution in [0.15, 0.2) is 62.5 Å². The van der Waals surface area contributed by atoms with Crippen molar-refractivity contribution in [1.29, 1.82) is 0 Å². The van der Waals surface area contributed by atoms with Gasteiger partial charge in [0.25, 0.3) is 0 Å². The Morgan fingerprint density at radius 2 is 1.58 bits per heavy atom. The van der Waals surface area contributed by atoms with E-state index >= 15 is 0 Å². The van der Waals surface area contributed by atoms with Crippen LogP contribution in [0.3, 0.4) is 0 Å². The molecule has 2 aliphatic carbocycles. The second-order valence-electron chi connectivity index (χ2n) is 10.8. The average molecular weight is 575 g/mol. The second-order valence-corrected chi connectivity index (χ2v) is 18.7. The summed E-state index contributed by atoms with van der Waals surface area (Å²) in [7, 11) is -1.28. The van der Waals surface area contributed by atoms with E-state index in [0.29, 0.717) is 0 Å². The molecule has 0 amide bonds. The number of halogens is 2. The molecule has 0 saturated carbocycles. The van der Waals surface area contributed by atoms with Crippen molar-refractivity contribution < 1.29 is 48.0 Å². The molecule has 0 aromatic heterocycles. The van der Waals surface area contributed by atoms with Gasteiger partial charge in [0.15, 0.2) is 0 Å². The van der Waals surface area contributed by atoms with Crippen LogP contribution in [0.1, 0.15) is 71.1 Å². The summed E-state index contributed by atoms with van der Waals surface area (Å²) in [4.78, 5) is 0. The van der Waals surface area contributed by atoms with Crippen LogP contribution in [0.25, 0.3) is 11.1 Å². The largest absolute Gasteiger partial charge is 1.00 e. The summed E-state index contributed by atoms with van der Waals surface area (Å²) < 4.78 is 3.59. The molecule has 1 atom stereocenters. The minimum atomic E-state index is -1.28. The van der Waals surface area contributed by atoms with E-state index < -0.39 is 31.3 Å². The molecule has 1 heterocycles. The predicted octanol–water partition coefficient (Wildman–Crippen LogP) is 1.97. The van der Waals surface area contributed by atoms with Gasteiger partial charge in [-0.15, -0.1) is 0 Å². The molecule has 0 N–H and O–H groups in total. The fourth-order valence-corrected chi connectivity index (χ4v) is 16.9. The molecular formula is C29H36Cl2SiZr. The SMILES string of the molecule is CCC[Si]1(C2c3ccccc3-c3ccc[c]([Zr+2][C]4=C(C)C(C)=C(C)C4(C)C)c32)CCC1.[Cl-].[Cl-]. The molecule has 2 aromatic carbocycles. The summed E-state index contributed by atoms with van der Waals surface area (Å²) in [6.07, 6.45) is 2.84. The molecule has 174 valence electrons. The van der Waals surface area contributed by atoms with Crippen LogP contribution >= 0.6 is 0 Å². The Kier molecular flexibility index (Phi) is 8.18. The first kappa shape index (κ1) is 27.2. The van der Waals surface area contributed by atoms with Crippen LogP contribution in [0.2, 0.25) is 18.1 Å². The third-order valence-corrected chi connectivity index (χ3v) is 19.8. The van der Waals surface area contributed by atoms with E-state index in [2.05, 4.69) is 84.0 Å². The molecule has 0 nitrogen and oxygen atoms in total. The molecule has 0 bridgehead atoms. The number of rotatable bonds is 5. The van der Waals surface area contributed by atoms with Crippen molar-refractivity contribution in [3.8, 4) is 11.1 Å². The Morgan fingerprint density at radius 3 is 2.15 bits per heavy atom. The standard InChI is InChI=1S/C19H21Si.C10H15.2ClH.Zr/c1-2-12-20(13-7-14-20)19-17-10-5-3-8-15(17)16-9-4-6-11-18(16)19;1-7-6-10(4,5)9(3)8(7)2;;;/h3-6,8-10,19H,2,7,12-14H2,1H3;1-5H3;2*1H;/q;;;;+2/p-2. The summed E-state index contributed by atoms with van der Waals surface area (Å²) in [5.74, 6) is 0. The number of hydrogen-bond donors (Lipinski definition) is 0. The van der Waals surface area contributed by atoms with E-state index in [-0.39, 0.29) is 30.2 Å². The first-order valence-corrected chi connectivity index (χ1v) is 17.4. The third-order valence-electron chi connectivity index (χ3n) is 8.99. The fraction of sp³-hybridized carbons (Fsp3) is 0.448. The monoisotopic (exact) mass is 572 g/mol. The van der Waals surface area contributed by atoms with E-state index in [9.17, 15) is 0 Å². The smallest absolute Gasteiger partial charge is 1.00 e. The van der Waals surface area contributed by atoms with E-state index in [1.165, 1.54) is 18.9 Å². The molecule has 1 fully saturated rings. The number of benzene rings is 2. The summed E-state index contributed by atoms with van der Waals surface area (Å²) in [6, 6.07) is 21.4. The molecule has 3 aliphatic rings. The molecule has 1 aliphatic heterocycles. The maximum Gasteiger partial charge on any atom is -1.00 e. The van der Waals surface area contributed by atoms with Gasteiger partial charge in [0.2, 0.25) is 0 Å². The van der Waals surface area contributed by atoms with Crippen LogP contribution in [-0.2, 0) is 23.2 Å². The molecule has 33 heavy (non-hydrogen) atoms. The van der Waals surface area contributed by atoms with Crippen molar-refractivity contribution in [2.24, 2.45) is 5.41 Å². The van der Waals surface area contributed by atoms with E-state index in [1.54, 1.807) is 54.3 Å². The number of fused-ring (bicyclic) bond motifs is 3. The Bertz CT molecular complexity index is 1120. The summed E-state index contributed by atoms with van der Waals surface area (Å²) in [5.41, 5.74) is 12.4. The van der Waals surface area contributed by atoms with Crippen molar-refractivity contribution in [3.05, 3.63) is 73.6 Å². The van der Waals surface area contributed by atoms with Gasteiger partial charge in [-0.3, -0.25) is 0 Å². The fourth-order valence-electron chi connectivity index (χ4n) is 6.80. The van der Waals surface area contributed by atoms with Gasteiger partial charge in [0, 0.05) is 0 Å². The van der Waals surface area contributed by atoms with Gasteiger partial charge in [-0.25, -0.2) is 0 Å². The topological polar surface area (TPSA) is 0 Å². The molecule has 0 spiro atoms. The van der Waals surface area contributed by atoms with Gasteiger partial charge in [-0.05, 0) is 0 Å². The van der Waals surface area contributed by atoms with E-state index in [0.717, 1.165) is 5.54 Å². The third kappa shape index (κ3) is 4.06. The van der Waals surface area contributed by atoms with Crippen molar-refractivity contribution in [2.45, 2.75) is 78.1 Å². The molecule has 0 radical (unpaired) electrons. The van der Waals surface area contributed by atoms with Crippen molar-refractivity contribution in [3.63, 3.8) is 0 Å². The molecule has 1 saturated heterocycles. The molecule has 4 heteroatoms. The predicted molar refractivity (Wildman–Crippen MR) is 133 cm³/mol. The van der Waals surface area contributed by atoms with Crippen LogP contribution in [0, 0.1) is 5.41 Å². The molecular weight excluding hydrogens is 539 g/mol. The van der Waals surface area contributed by atoms with Gasteiger partial charge in [-0.1, -0.05) is 0 Å². The normalized spacial score (nSPS) is 21.5. The van der Waals surface area contributed by atoms with Crippen molar-refractivity contribution in [1.82, 2.24) is 0 Å². The molecule has 5 rings (SSSR count). The van der Waals surface area contributed by atoms with Gasteiger partial charge in [0.1, 0.15) is 0 Å². The van der Waals surface area contributed by atoms with Crippen LogP contribution < -0.4 is 28.1 Å². The van der Waals surface area contributed by atoms with Gasteiger partial charge >= 0.3 is 203 Å². The minimum Gasteiger partial charge on any atom is -1.00 e. The maximum atomic E-state index is 2.54. The number of allylic oxidation sites excluding steroid dienone is 4. The van der Waals surface area contributed by atoms with Gasteiger partial charge in [-0.2, -0.15) is 0 Å². The quantitative estimate of drug-likeness (QED) is 0.480. The van der Waals surface area contributed by atoms with Gasteiger partial charge in [0.05, 0.1) is 0 Å². The van der Waals surface area contributed by atoms with E-state index in [1.807, 2.05) is 3.28 Å². The van der Waals surface area contributed by atoms with Crippen molar-refractivity contribution in [2.75, 3.05) is 0 Å². The Balaban J connectivity index is 0.00000153. The van der Waals surface area contributed by atoms with Crippen LogP contribution in [0.4, 0.5) is 0 Å². The zero-order valence-corrected chi connectivity index (χ0v) is 25.9. The summed E-state index contributed by atoms with van der Waals surface area (Å²) in [6.45, 7) is 14.5. The molecule has 2 aromatic rings. The minimum absolute atomic E-state index is 0. The van der Waals surface area contributed by atoms with Crippen molar-refractivity contribution >= 4 is 11.3 Å². The Labute approximate surface area is 226 Å². The Morgan fingerprint density at radius 1 is 0.909 bits per heavy atom. The zero-order valence-electron chi connectivity index (χ0n) is 20.9. The van der Waals surface area contributed by atoms with Gasteiger partial charge < -0.3 is 24.8 Å². The zero-order chi connectivity index (χ0) is 22.0. The maximum absolute atomic E-state index is 2.54. The average Bonchev–Trinajstić information content (AvgIpc) is 3.14. The number of hydrogen-bond acceptors (Lipinski definition) is 0. The Hall–Kier alpha value is -0.400. The second kappa shape index (κ2) is 9.93. The summed E-state index contributed by atoms with van der Waals surface area (Å²) >= 11 is -0.877. The van der Waals surface area contributed by atoms with Crippen LogP contribution in [-0.4, -0.2) is 8.07 Å². The first-order valence-electron chi connectivity index (χ1n) is 12.2. The summed E-state index contributed by atoms with van der Waals surface area (Å²) in [5, 5.41) is 0. The van der Waals surface area contributed by atoms with Crippen LogP contribution in [0.5, 0.6) is 0 Å². The van der Waals surface area contributed by atoms with E-state index in [4.69, 9.17) is 0 Å².